The van der Waals surface area contributed by atoms with Crippen LogP contribution in [0.2, 0.25) is 0 Å². The van der Waals surface area contributed by atoms with Crippen molar-refractivity contribution >= 4 is 29.3 Å². The molecule has 0 fully saturated rings. The maximum atomic E-state index is 12.8. The van der Waals surface area contributed by atoms with Crippen LogP contribution in [-0.2, 0) is 4.74 Å². The maximum Gasteiger partial charge on any atom is 0.410 e. The molecular weight excluding hydrogens is 446 g/mol. The van der Waals surface area contributed by atoms with Crippen molar-refractivity contribution in [2.24, 2.45) is 0 Å². The zero-order valence-corrected chi connectivity index (χ0v) is 20.0. The topological polar surface area (TPSA) is 115 Å². The SMILES string of the molecule is CCCOc1ccc(/C=C(\C)C(=O)c2c(O)cc(C(C)CC/C=C/NC(=O)OC)oc2=O)s1. The first-order chi connectivity index (χ1) is 15.8. The molecule has 0 radical (unpaired) electrons. The fourth-order valence-corrected chi connectivity index (χ4v) is 3.76. The molecule has 0 bridgehead atoms. The molecule has 0 aliphatic heterocycles. The lowest BCUT2D eigenvalue weighted by Gasteiger charge is -2.11. The normalized spacial score (nSPS) is 12.5. The molecule has 8 nitrogen and oxygen atoms in total. The average Bonchev–Trinajstić information content (AvgIpc) is 3.23. The Balaban J connectivity index is 2.09. The number of nitrogens with one attached hydrogen (secondary N) is 1. The van der Waals surface area contributed by atoms with Crippen molar-refractivity contribution in [3.63, 3.8) is 0 Å². The molecular formula is C24H29NO7S. The molecule has 2 rings (SSSR count). The summed E-state index contributed by atoms with van der Waals surface area (Å²) in [5, 5.41) is 13.6. The molecule has 2 aromatic heterocycles. The summed E-state index contributed by atoms with van der Waals surface area (Å²) in [4.78, 5) is 37.1. The van der Waals surface area contributed by atoms with Gasteiger partial charge in [-0.15, -0.1) is 0 Å². The smallest absolute Gasteiger partial charge is 0.410 e. The van der Waals surface area contributed by atoms with Crippen molar-refractivity contribution in [2.45, 2.75) is 46.0 Å². The Morgan fingerprint density at radius 1 is 1.33 bits per heavy atom. The number of alkyl carbamates (subject to hydrolysis) is 1. The quantitative estimate of drug-likeness (QED) is 0.337. The second-order valence-corrected chi connectivity index (χ2v) is 8.45. The number of carbonyl (C=O) groups is 2. The summed E-state index contributed by atoms with van der Waals surface area (Å²) in [5.41, 5.74) is -0.970. The molecule has 0 aliphatic carbocycles. The molecule has 2 heterocycles. The first kappa shape index (κ1) is 25.9. The van der Waals surface area contributed by atoms with E-state index in [0.29, 0.717) is 25.0 Å². The summed E-state index contributed by atoms with van der Waals surface area (Å²) in [6.45, 7) is 6.05. The second kappa shape index (κ2) is 12.6. The third-order valence-corrected chi connectivity index (χ3v) is 5.65. The second-order valence-electron chi connectivity index (χ2n) is 7.37. The minimum absolute atomic E-state index is 0.195. The molecule has 33 heavy (non-hydrogen) atoms. The monoisotopic (exact) mass is 475 g/mol. The number of rotatable bonds is 11. The zero-order valence-electron chi connectivity index (χ0n) is 19.2. The number of Topliss-reactive ketones (excluding diaryl/α,β-unsaturated/α-hetero) is 1. The van der Waals surface area contributed by atoms with Gasteiger partial charge in [0.1, 0.15) is 17.1 Å². The van der Waals surface area contributed by atoms with E-state index in [9.17, 15) is 19.5 Å². The van der Waals surface area contributed by atoms with Gasteiger partial charge < -0.3 is 19.0 Å². The van der Waals surface area contributed by atoms with E-state index in [-0.39, 0.29) is 17.2 Å². The largest absolute Gasteiger partial charge is 0.507 e. The predicted molar refractivity (Wildman–Crippen MR) is 127 cm³/mol. The van der Waals surface area contributed by atoms with Crippen LogP contribution >= 0.6 is 11.3 Å². The molecule has 2 aromatic rings. The van der Waals surface area contributed by atoms with Crippen LogP contribution in [0.5, 0.6) is 10.8 Å². The van der Waals surface area contributed by atoms with E-state index in [1.807, 2.05) is 26.0 Å². The lowest BCUT2D eigenvalue weighted by Crippen LogP contribution is -2.16. The first-order valence-corrected chi connectivity index (χ1v) is 11.4. The van der Waals surface area contributed by atoms with Gasteiger partial charge in [-0.1, -0.05) is 31.3 Å². The number of carbonyl (C=O) groups excluding carboxylic acids is 2. The van der Waals surface area contributed by atoms with Gasteiger partial charge in [-0.05, 0) is 50.0 Å². The number of ether oxygens (including phenoxy) is 2. The fourth-order valence-electron chi connectivity index (χ4n) is 2.88. The Bertz CT molecular complexity index is 1080. The van der Waals surface area contributed by atoms with E-state index in [2.05, 4.69) is 10.1 Å². The van der Waals surface area contributed by atoms with Crippen LogP contribution in [0.1, 0.15) is 66.9 Å². The number of allylic oxidation sites excluding steroid dienone is 2. The number of hydrogen-bond donors (Lipinski definition) is 2. The number of thiophene rings is 1. The molecule has 1 atom stereocenters. The van der Waals surface area contributed by atoms with Crippen LogP contribution in [-0.4, -0.2) is 30.7 Å². The van der Waals surface area contributed by atoms with Gasteiger partial charge in [-0.3, -0.25) is 10.1 Å². The van der Waals surface area contributed by atoms with Crippen LogP contribution in [0.25, 0.3) is 6.08 Å². The highest BCUT2D eigenvalue weighted by molar-refractivity contribution is 7.14. The fraction of sp³-hybridized carbons (Fsp3) is 0.375. The molecule has 0 aliphatic rings. The van der Waals surface area contributed by atoms with Gasteiger partial charge in [-0.25, -0.2) is 9.59 Å². The highest BCUT2D eigenvalue weighted by Crippen LogP contribution is 2.29. The third-order valence-electron chi connectivity index (χ3n) is 4.70. The number of ketones is 1. The lowest BCUT2D eigenvalue weighted by atomic mass is 10.00. The Morgan fingerprint density at radius 2 is 2.09 bits per heavy atom. The van der Waals surface area contributed by atoms with E-state index in [1.165, 1.54) is 30.7 Å². The van der Waals surface area contributed by atoms with E-state index in [0.717, 1.165) is 16.4 Å². The summed E-state index contributed by atoms with van der Waals surface area (Å²) >= 11 is 1.39. The van der Waals surface area contributed by atoms with Gasteiger partial charge in [0.15, 0.2) is 10.8 Å². The highest BCUT2D eigenvalue weighted by Gasteiger charge is 2.22. The van der Waals surface area contributed by atoms with Gasteiger partial charge >= 0.3 is 11.7 Å². The first-order valence-electron chi connectivity index (χ1n) is 10.6. The Hall–Kier alpha value is -3.33. The van der Waals surface area contributed by atoms with E-state index in [1.54, 1.807) is 19.1 Å². The van der Waals surface area contributed by atoms with Crippen molar-refractivity contribution < 1.29 is 28.6 Å². The van der Waals surface area contributed by atoms with Crippen LogP contribution in [0.4, 0.5) is 4.79 Å². The molecule has 0 saturated carbocycles. The minimum atomic E-state index is -0.879. The molecule has 2 N–H and O–H groups in total. The molecule has 9 heteroatoms. The Labute approximate surface area is 196 Å². The maximum absolute atomic E-state index is 12.8. The predicted octanol–water partition coefficient (Wildman–Crippen LogP) is 5.24. The van der Waals surface area contributed by atoms with Crippen LogP contribution in [0.15, 0.2) is 45.3 Å². The number of hydrogen-bond acceptors (Lipinski definition) is 8. The third kappa shape index (κ3) is 7.64. The van der Waals surface area contributed by atoms with E-state index >= 15 is 0 Å². The van der Waals surface area contributed by atoms with E-state index in [4.69, 9.17) is 9.15 Å². The van der Waals surface area contributed by atoms with Gasteiger partial charge in [0.25, 0.3) is 0 Å². The van der Waals surface area contributed by atoms with Crippen molar-refractivity contribution in [1.82, 2.24) is 5.32 Å². The summed E-state index contributed by atoms with van der Waals surface area (Å²) < 4.78 is 15.4. The van der Waals surface area contributed by atoms with Crippen molar-refractivity contribution in [3.8, 4) is 10.8 Å². The number of aromatic hydroxyl groups is 1. The highest BCUT2D eigenvalue weighted by atomic mass is 32.1. The Morgan fingerprint density at radius 3 is 2.76 bits per heavy atom. The van der Waals surface area contributed by atoms with E-state index < -0.39 is 23.3 Å². The number of methoxy groups -OCH3 is 1. The van der Waals surface area contributed by atoms with Gasteiger partial charge in [-0.2, -0.15) is 0 Å². The van der Waals surface area contributed by atoms with Crippen molar-refractivity contribution in [3.05, 3.63) is 62.7 Å². The van der Waals surface area contributed by atoms with Crippen LogP contribution in [0.3, 0.4) is 0 Å². The van der Waals surface area contributed by atoms with Crippen molar-refractivity contribution in [2.75, 3.05) is 13.7 Å². The van der Waals surface area contributed by atoms with Crippen molar-refractivity contribution in [1.29, 1.82) is 0 Å². The zero-order chi connectivity index (χ0) is 24.4. The van der Waals surface area contributed by atoms with Gasteiger partial charge in [0.05, 0.1) is 13.7 Å². The molecule has 0 aromatic carbocycles. The summed E-state index contributed by atoms with van der Waals surface area (Å²) in [6, 6.07) is 4.96. The Kier molecular flexibility index (Phi) is 9.93. The summed E-state index contributed by atoms with van der Waals surface area (Å²) in [6.07, 6.45) is 6.36. The van der Waals surface area contributed by atoms with Crippen LogP contribution < -0.4 is 15.7 Å². The molecule has 178 valence electrons. The lowest BCUT2D eigenvalue weighted by molar-refractivity contribution is 0.102. The summed E-state index contributed by atoms with van der Waals surface area (Å²) in [5.74, 6) is -0.922. The van der Waals surface area contributed by atoms with Crippen LogP contribution in [0, 0.1) is 0 Å². The number of amides is 1. The molecule has 1 unspecified atom stereocenters. The molecule has 0 saturated heterocycles. The van der Waals surface area contributed by atoms with Gasteiger partial charge in [0, 0.05) is 23.1 Å². The summed E-state index contributed by atoms with van der Waals surface area (Å²) in [7, 11) is 1.27. The minimum Gasteiger partial charge on any atom is -0.507 e. The molecule has 1 amide bonds. The standard InChI is InChI=1S/C24H29NO7S/c1-5-12-31-20-10-9-17(33-20)13-16(3)22(27)21-18(26)14-19(32-23(21)28)15(2)8-6-7-11-25-24(29)30-4/h7,9-11,13-15,26H,5-6,8,12H2,1-4H3,(H,25,29)/b11-7+,16-13+. The van der Waals surface area contributed by atoms with Gasteiger partial charge in [0.2, 0.25) is 0 Å². The average molecular weight is 476 g/mol. The molecule has 0 spiro atoms.